The first-order valence-electron chi connectivity index (χ1n) is 7.66. The third-order valence-electron chi connectivity index (χ3n) is 4.58. The molecule has 0 spiro atoms. The fourth-order valence-corrected chi connectivity index (χ4v) is 4.25. The van der Waals surface area contributed by atoms with Gasteiger partial charge >= 0.3 is 5.97 Å². The van der Waals surface area contributed by atoms with Crippen LogP contribution in [0.5, 0.6) is 0 Å². The second kappa shape index (κ2) is 6.29. The van der Waals surface area contributed by atoms with E-state index in [0.717, 1.165) is 21.5 Å². The van der Waals surface area contributed by atoms with Gasteiger partial charge in [0.1, 0.15) is 5.54 Å². The fourth-order valence-electron chi connectivity index (χ4n) is 3.42. The van der Waals surface area contributed by atoms with Crippen molar-refractivity contribution >= 4 is 33.7 Å². The molecule has 0 heterocycles. The number of fused-ring (bicyclic) bond motifs is 1. The van der Waals surface area contributed by atoms with Crippen molar-refractivity contribution in [3.63, 3.8) is 0 Å². The molecule has 0 aliphatic heterocycles. The highest BCUT2D eigenvalue weighted by Crippen LogP contribution is 2.38. The zero-order valence-corrected chi connectivity index (χ0v) is 13.4. The number of carbonyl (C=O) groups is 1. The molecule has 1 saturated carbocycles. The van der Waals surface area contributed by atoms with E-state index in [9.17, 15) is 18.7 Å². The van der Waals surface area contributed by atoms with Gasteiger partial charge in [0.2, 0.25) is 0 Å². The SMILES string of the molecule is O=C(O)C1(N(c2ccc3ccccc3c2)S(=O)[O-])CCCCC1. The first-order chi connectivity index (χ1) is 11.0. The van der Waals surface area contributed by atoms with Crippen LogP contribution in [0.2, 0.25) is 0 Å². The standard InChI is InChI=1S/C17H19NO4S/c19-16(20)17(10-4-1-5-11-17)18(23(21)22)15-9-8-13-6-2-3-7-14(13)12-15/h2-3,6-9,12H,1,4-5,10-11H2,(H,19,20)(H,21,22)/p-1. The molecule has 6 heteroatoms. The van der Waals surface area contributed by atoms with Crippen LogP contribution in [0.15, 0.2) is 42.5 Å². The summed E-state index contributed by atoms with van der Waals surface area (Å²) < 4.78 is 24.9. The molecule has 2 aromatic carbocycles. The summed E-state index contributed by atoms with van der Waals surface area (Å²) in [6, 6.07) is 12.8. The van der Waals surface area contributed by atoms with Crippen LogP contribution in [-0.4, -0.2) is 25.4 Å². The molecule has 0 amide bonds. The molecule has 23 heavy (non-hydrogen) atoms. The molecule has 1 unspecified atom stereocenters. The first-order valence-corrected chi connectivity index (χ1v) is 8.70. The van der Waals surface area contributed by atoms with Gasteiger partial charge in [-0.1, -0.05) is 49.6 Å². The Labute approximate surface area is 137 Å². The van der Waals surface area contributed by atoms with E-state index in [4.69, 9.17) is 0 Å². The summed E-state index contributed by atoms with van der Waals surface area (Å²) >= 11 is -2.65. The maximum Gasteiger partial charge on any atom is 0.330 e. The second-order valence-electron chi connectivity index (χ2n) is 5.94. The molecule has 122 valence electrons. The Kier molecular flexibility index (Phi) is 4.37. The van der Waals surface area contributed by atoms with Crippen molar-refractivity contribution < 1.29 is 18.7 Å². The highest BCUT2D eigenvalue weighted by atomic mass is 32.2. The normalized spacial score (nSPS) is 18.5. The largest absolute Gasteiger partial charge is 0.755 e. The van der Waals surface area contributed by atoms with Crippen molar-refractivity contribution in [1.82, 2.24) is 0 Å². The Bertz CT molecular complexity index is 755. The second-order valence-corrected chi connectivity index (χ2v) is 6.74. The number of rotatable bonds is 4. The lowest BCUT2D eigenvalue weighted by molar-refractivity contribution is -0.144. The molecule has 1 aliphatic carbocycles. The zero-order chi connectivity index (χ0) is 16.4. The predicted molar refractivity (Wildman–Crippen MR) is 88.8 cm³/mol. The van der Waals surface area contributed by atoms with Crippen LogP contribution in [0.25, 0.3) is 10.8 Å². The van der Waals surface area contributed by atoms with Crippen LogP contribution in [-0.2, 0) is 16.1 Å². The average molecular weight is 332 g/mol. The summed E-state index contributed by atoms with van der Waals surface area (Å²) in [5.74, 6) is -1.07. The molecular formula is C17H18NO4S-. The number of carboxylic acid groups (broad SMARTS) is 1. The number of benzene rings is 2. The van der Waals surface area contributed by atoms with Crippen molar-refractivity contribution in [2.45, 2.75) is 37.6 Å². The van der Waals surface area contributed by atoms with E-state index in [1.165, 1.54) is 0 Å². The highest BCUT2D eigenvalue weighted by molar-refractivity contribution is 7.80. The quantitative estimate of drug-likeness (QED) is 0.872. The third-order valence-corrected chi connectivity index (χ3v) is 5.44. The van der Waals surface area contributed by atoms with Gasteiger partial charge in [0, 0.05) is 11.3 Å². The van der Waals surface area contributed by atoms with Gasteiger partial charge in [0.25, 0.3) is 0 Å². The van der Waals surface area contributed by atoms with E-state index in [1.54, 1.807) is 12.1 Å². The van der Waals surface area contributed by atoms with Crippen LogP contribution in [0.4, 0.5) is 5.69 Å². The minimum Gasteiger partial charge on any atom is -0.755 e. The van der Waals surface area contributed by atoms with Gasteiger partial charge in [-0.3, -0.25) is 8.51 Å². The van der Waals surface area contributed by atoms with E-state index in [0.29, 0.717) is 31.4 Å². The molecule has 1 aliphatic rings. The summed E-state index contributed by atoms with van der Waals surface area (Å²) in [5, 5.41) is 11.6. The summed E-state index contributed by atoms with van der Waals surface area (Å²) in [5.41, 5.74) is -0.978. The Morgan fingerprint density at radius 3 is 2.35 bits per heavy atom. The molecule has 1 N–H and O–H groups in total. The summed E-state index contributed by atoms with van der Waals surface area (Å²) in [7, 11) is 0. The first kappa shape index (κ1) is 16.0. The Morgan fingerprint density at radius 1 is 1.09 bits per heavy atom. The maximum absolute atomic E-state index is 11.9. The van der Waals surface area contributed by atoms with Crippen molar-refractivity contribution in [3.05, 3.63) is 42.5 Å². The van der Waals surface area contributed by atoms with Crippen molar-refractivity contribution in [2.24, 2.45) is 0 Å². The van der Waals surface area contributed by atoms with Crippen molar-refractivity contribution in [2.75, 3.05) is 4.31 Å². The van der Waals surface area contributed by atoms with Gasteiger partial charge in [-0.05, 0) is 35.7 Å². The summed E-state index contributed by atoms with van der Waals surface area (Å²) in [6.45, 7) is 0. The minimum atomic E-state index is -2.65. The van der Waals surface area contributed by atoms with E-state index in [1.807, 2.05) is 30.3 Å². The predicted octanol–water partition coefficient (Wildman–Crippen LogP) is 3.23. The molecular weight excluding hydrogens is 314 g/mol. The molecule has 1 atom stereocenters. The van der Waals surface area contributed by atoms with E-state index >= 15 is 0 Å². The van der Waals surface area contributed by atoms with Crippen LogP contribution in [0.3, 0.4) is 0 Å². The molecule has 0 radical (unpaired) electrons. The number of carboxylic acids is 1. The Balaban J connectivity index is 2.12. The topological polar surface area (TPSA) is 80.7 Å². The monoisotopic (exact) mass is 332 g/mol. The number of hydrogen-bond donors (Lipinski definition) is 1. The van der Waals surface area contributed by atoms with Gasteiger partial charge in [-0.2, -0.15) is 0 Å². The van der Waals surface area contributed by atoms with Gasteiger partial charge in [0.05, 0.1) is 5.69 Å². The van der Waals surface area contributed by atoms with Crippen LogP contribution < -0.4 is 4.31 Å². The zero-order valence-electron chi connectivity index (χ0n) is 12.6. The fraction of sp³-hybridized carbons (Fsp3) is 0.353. The Morgan fingerprint density at radius 2 is 1.74 bits per heavy atom. The number of anilines is 1. The number of nitrogens with zero attached hydrogens (tertiary/aromatic N) is 1. The van der Waals surface area contributed by atoms with Crippen LogP contribution in [0.1, 0.15) is 32.1 Å². The average Bonchev–Trinajstić information content (AvgIpc) is 2.55. The van der Waals surface area contributed by atoms with Gasteiger partial charge < -0.3 is 9.66 Å². The molecule has 5 nitrogen and oxygen atoms in total. The number of hydrogen-bond acceptors (Lipinski definition) is 3. The van der Waals surface area contributed by atoms with Crippen LogP contribution in [0, 0.1) is 0 Å². The van der Waals surface area contributed by atoms with Gasteiger partial charge in [0.15, 0.2) is 0 Å². The van der Waals surface area contributed by atoms with Crippen molar-refractivity contribution in [3.8, 4) is 0 Å². The third kappa shape index (κ3) is 2.84. The molecule has 0 bridgehead atoms. The molecule has 3 rings (SSSR count). The van der Waals surface area contributed by atoms with E-state index in [-0.39, 0.29) is 0 Å². The van der Waals surface area contributed by atoms with Gasteiger partial charge in [-0.25, -0.2) is 4.79 Å². The lowest BCUT2D eigenvalue weighted by Crippen LogP contribution is -2.56. The van der Waals surface area contributed by atoms with E-state index < -0.39 is 22.8 Å². The molecule has 0 aromatic heterocycles. The summed E-state index contributed by atoms with van der Waals surface area (Å²) in [6.07, 6.45) is 3.04. The Hall–Kier alpha value is -1.92. The lowest BCUT2D eigenvalue weighted by Gasteiger charge is -2.44. The van der Waals surface area contributed by atoms with Crippen molar-refractivity contribution in [1.29, 1.82) is 0 Å². The maximum atomic E-state index is 11.9. The minimum absolute atomic E-state index is 0.336. The van der Waals surface area contributed by atoms with Gasteiger partial charge in [-0.15, -0.1) is 0 Å². The molecule has 1 fully saturated rings. The molecule has 2 aromatic rings. The van der Waals surface area contributed by atoms with E-state index in [2.05, 4.69) is 0 Å². The smallest absolute Gasteiger partial charge is 0.330 e. The summed E-state index contributed by atoms with van der Waals surface area (Å²) in [4.78, 5) is 11.9. The van der Waals surface area contributed by atoms with Crippen LogP contribution >= 0.6 is 0 Å². The number of aliphatic carboxylic acids is 1. The highest BCUT2D eigenvalue weighted by Gasteiger charge is 2.46. The molecule has 0 saturated heterocycles. The lowest BCUT2D eigenvalue weighted by atomic mass is 9.81.